The van der Waals surface area contributed by atoms with Gasteiger partial charge in [-0.2, -0.15) is 0 Å². The third-order valence-electron chi connectivity index (χ3n) is 3.91. The van der Waals surface area contributed by atoms with Gasteiger partial charge in [-0.25, -0.2) is 4.79 Å². The molecule has 1 aliphatic heterocycles. The Morgan fingerprint density at radius 1 is 1.20 bits per heavy atom. The van der Waals surface area contributed by atoms with Crippen molar-refractivity contribution in [1.29, 1.82) is 0 Å². The first-order valence-corrected chi connectivity index (χ1v) is 7.25. The number of aromatic amines is 1. The number of hydrogen-bond acceptors (Lipinski definition) is 5. The Bertz CT molecular complexity index is 641. The van der Waals surface area contributed by atoms with E-state index >= 15 is 0 Å². The minimum atomic E-state index is -1.09. The van der Waals surface area contributed by atoms with Crippen LogP contribution in [0.1, 0.15) is 31.4 Å². The van der Waals surface area contributed by atoms with Crippen LogP contribution in [0.4, 0.5) is 4.79 Å². The largest absolute Gasteiger partial charge is 0.331 e. The van der Waals surface area contributed by atoms with Crippen LogP contribution < -0.4 is 10.2 Å². The number of imide groups is 2. The molecule has 1 aromatic heterocycles. The summed E-state index contributed by atoms with van der Waals surface area (Å²) in [7, 11) is 0. The second kappa shape index (κ2) is 4.55. The minimum Gasteiger partial charge on any atom is -0.315 e. The maximum atomic E-state index is 12.5. The molecule has 2 fully saturated rings. The van der Waals surface area contributed by atoms with Gasteiger partial charge in [-0.15, -0.1) is 0 Å². The molecule has 1 aromatic rings. The maximum Gasteiger partial charge on any atom is 0.331 e. The van der Waals surface area contributed by atoms with E-state index in [1.807, 2.05) is 0 Å². The van der Waals surface area contributed by atoms with Gasteiger partial charge in [0.25, 0.3) is 0 Å². The maximum absolute atomic E-state index is 12.5. The Hall–Kier alpha value is -1.96. The quantitative estimate of drug-likeness (QED) is 0.779. The third kappa shape index (κ3) is 1.87. The number of aromatic nitrogens is 1. The first kappa shape index (κ1) is 13.0. The summed E-state index contributed by atoms with van der Waals surface area (Å²) >= 11 is 0.972. The lowest BCUT2D eigenvalue weighted by Crippen LogP contribution is -2.62. The molecule has 8 heteroatoms. The van der Waals surface area contributed by atoms with Gasteiger partial charge in [0.05, 0.1) is 6.54 Å². The number of nitrogens with one attached hydrogen (secondary N) is 2. The zero-order valence-corrected chi connectivity index (χ0v) is 11.4. The van der Waals surface area contributed by atoms with Crippen LogP contribution >= 0.6 is 11.3 Å². The van der Waals surface area contributed by atoms with E-state index in [1.165, 1.54) is 0 Å². The molecule has 1 saturated carbocycles. The van der Waals surface area contributed by atoms with E-state index in [0.29, 0.717) is 18.5 Å². The molecule has 4 amide bonds. The average molecular weight is 295 g/mol. The highest BCUT2D eigenvalue weighted by Gasteiger charge is 2.54. The fraction of sp³-hybridized carbons (Fsp3) is 0.500. The average Bonchev–Trinajstić information content (AvgIpc) is 3.03. The van der Waals surface area contributed by atoms with Crippen molar-refractivity contribution in [3.8, 4) is 0 Å². The van der Waals surface area contributed by atoms with Gasteiger partial charge in [0.1, 0.15) is 5.41 Å². The number of thiazole rings is 1. The van der Waals surface area contributed by atoms with Gasteiger partial charge in [-0.3, -0.25) is 24.6 Å². The Morgan fingerprint density at radius 3 is 2.50 bits per heavy atom. The standard InChI is InChI=1S/C12H13N3O4S/c16-8-12(3-1-2-4-12)9(17)15(10(18)14-8)5-7-6-20-11(19)13-7/h6H,1-5H2,(H,13,19)(H,14,16,18). The van der Waals surface area contributed by atoms with Crippen LogP contribution in [0, 0.1) is 5.41 Å². The Balaban J connectivity index is 1.89. The lowest BCUT2D eigenvalue weighted by atomic mass is 9.82. The molecule has 3 rings (SSSR count). The number of barbiturate groups is 1. The SMILES string of the molecule is O=C1NC(=O)C2(CCCC2)C(=O)N1Cc1csc(=O)[nH]1. The molecular weight excluding hydrogens is 282 g/mol. The van der Waals surface area contributed by atoms with E-state index in [4.69, 9.17) is 0 Å². The molecule has 0 atom stereocenters. The summed E-state index contributed by atoms with van der Waals surface area (Å²) in [5.41, 5.74) is -0.601. The van der Waals surface area contributed by atoms with Gasteiger partial charge in [-0.05, 0) is 12.8 Å². The zero-order chi connectivity index (χ0) is 14.3. The fourth-order valence-corrected chi connectivity index (χ4v) is 3.43. The molecule has 20 heavy (non-hydrogen) atoms. The number of urea groups is 1. The van der Waals surface area contributed by atoms with E-state index < -0.39 is 23.3 Å². The summed E-state index contributed by atoms with van der Waals surface area (Å²) < 4.78 is 0. The number of hydrogen-bond donors (Lipinski definition) is 2. The second-order valence-electron chi connectivity index (χ2n) is 5.11. The van der Waals surface area contributed by atoms with Crippen LogP contribution in [0.3, 0.4) is 0 Å². The number of amides is 4. The zero-order valence-electron chi connectivity index (χ0n) is 10.6. The summed E-state index contributed by atoms with van der Waals surface area (Å²) in [4.78, 5) is 50.8. The highest BCUT2D eigenvalue weighted by molar-refractivity contribution is 7.07. The van der Waals surface area contributed by atoms with Gasteiger partial charge >= 0.3 is 10.9 Å². The predicted molar refractivity (Wildman–Crippen MR) is 69.9 cm³/mol. The lowest BCUT2D eigenvalue weighted by molar-refractivity contribution is -0.151. The van der Waals surface area contributed by atoms with E-state index in [0.717, 1.165) is 29.1 Å². The summed E-state index contributed by atoms with van der Waals surface area (Å²) in [6.07, 6.45) is 2.55. The van der Waals surface area contributed by atoms with Gasteiger partial charge in [0.2, 0.25) is 11.8 Å². The second-order valence-corrected chi connectivity index (χ2v) is 5.96. The fourth-order valence-electron chi connectivity index (χ4n) is 2.86. The molecule has 1 saturated heterocycles. The topological polar surface area (TPSA) is 99.3 Å². The highest BCUT2D eigenvalue weighted by Crippen LogP contribution is 2.41. The van der Waals surface area contributed by atoms with Crippen molar-refractivity contribution in [2.24, 2.45) is 5.41 Å². The van der Waals surface area contributed by atoms with Crippen molar-refractivity contribution in [3.05, 3.63) is 20.7 Å². The number of rotatable bonds is 2. The summed E-state index contributed by atoms with van der Waals surface area (Å²) in [5.74, 6) is -0.934. The number of H-pyrrole nitrogens is 1. The van der Waals surface area contributed by atoms with Crippen LogP contribution in [-0.4, -0.2) is 27.7 Å². The monoisotopic (exact) mass is 295 g/mol. The van der Waals surface area contributed by atoms with Crippen molar-refractivity contribution >= 4 is 29.2 Å². The van der Waals surface area contributed by atoms with Gasteiger partial charge < -0.3 is 4.98 Å². The first-order valence-electron chi connectivity index (χ1n) is 6.37. The predicted octanol–water partition coefficient (Wildman–Crippen LogP) is 0.575. The molecule has 0 unspecified atom stereocenters. The third-order valence-corrected chi connectivity index (χ3v) is 4.63. The molecule has 1 aliphatic carbocycles. The van der Waals surface area contributed by atoms with E-state index in [9.17, 15) is 19.2 Å². The normalized spacial score (nSPS) is 21.6. The Morgan fingerprint density at radius 2 is 1.90 bits per heavy atom. The van der Waals surface area contributed by atoms with E-state index in [-0.39, 0.29) is 11.4 Å². The molecule has 1 spiro atoms. The number of carbonyl (C=O) groups is 3. The molecule has 0 bridgehead atoms. The first-order chi connectivity index (χ1) is 9.53. The smallest absolute Gasteiger partial charge is 0.315 e. The molecule has 0 radical (unpaired) electrons. The minimum absolute atomic E-state index is 0.0154. The van der Waals surface area contributed by atoms with Gasteiger partial charge in [0, 0.05) is 11.1 Å². The summed E-state index contributed by atoms with van der Waals surface area (Å²) in [6.45, 7) is -0.0154. The van der Waals surface area contributed by atoms with E-state index in [1.54, 1.807) is 5.38 Å². The van der Waals surface area contributed by atoms with Crippen LogP contribution in [0.5, 0.6) is 0 Å². The van der Waals surface area contributed by atoms with Crippen molar-refractivity contribution in [2.45, 2.75) is 32.2 Å². The Labute approximate surface area is 118 Å². The van der Waals surface area contributed by atoms with Crippen molar-refractivity contribution in [3.63, 3.8) is 0 Å². The van der Waals surface area contributed by atoms with Crippen LogP contribution in [-0.2, 0) is 16.1 Å². The van der Waals surface area contributed by atoms with Crippen LogP contribution in [0.15, 0.2) is 10.2 Å². The lowest BCUT2D eigenvalue weighted by Gasteiger charge is -2.36. The molecule has 7 nitrogen and oxygen atoms in total. The number of carbonyl (C=O) groups excluding carboxylic acids is 3. The molecular formula is C12H13N3O4S. The summed E-state index contributed by atoms with van der Waals surface area (Å²) in [6, 6.07) is -0.718. The molecule has 0 aromatic carbocycles. The molecule has 2 N–H and O–H groups in total. The number of nitrogens with zero attached hydrogens (tertiary/aromatic N) is 1. The van der Waals surface area contributed by atoms with Gasteiger partial charge in [-0.1, -0.05) is 24.2 Å². The van der Waals surface area contributed by atoms with Crippen LogP contribution in [0.2, 0.25) is 0 Å². The van der Waals surface area contributed by atoms with Crippen molar-refractivity contribution in [1.82, 2.24) is 15.2 Å². The molecule has 106 valence electrons. The van der Waals surface area contributed by atoms with E-state index in [2.05, 4.69) is 10.3 Å². The highest BCUT2D eigenvalue weighted by atomic mass is 32.1. The molecule has 2 aliphatic rings. The Kier molecular flexibility index (Phi) is 2.97. The summed E-state index contributed by atoms with van der Waals surface area (Å²) in [5, 5.41) is 3.83. The van der Waals surface area contributed by atoms with Crippen molar-refractivity contribution < 1.29 is 14.4 Å². The van der Waals surface area contributed by atoms with Gasteiger partial charge in [0.15, 0.2) is 0 Å². The molecule has 2 heterocycles. The van der Waals surface area contributed by atoms with Crippen LogP contribution in [0.25, 0.3) is 0 Å². The van der Waals surface area contributed by atoms with Crippen molar-refractivity contribution in [2.75, 3.05) is 0 Å².